The molecule has 6 heteroatoms. The summed E-state index contributed by atoms with van der Waals surface area (Å²) in [6.45, 7) is 1.35. The van der Waals surface area contributed by atoms with Crippen LogP contribution < -0.4 is 19.1 Å². The van der Waals surface area contributed by atoms with Crippen molar-refractivity contribution in [1.82, 2.24) is 0 Å². The molecule has 4 rings (SSSR count). The number of hydrogen-bond acceptors (Lipinski definition) is 4. The van der Waals surface area contributed by atoms with Crippen LogP contribution in [0, 0.1) is 11.7 Å². The zero-order valence-electron chi connectivity index (χ0n) is 18.6. The van der Waals surface area contributed by atoms with Gasteiger partial charge in [-0.25, -0.2) is 4.39 Å². The number of piperidine rings is 1. The predicted octanol–water partition coefficient (Wildman–Crippen LogP) is 3.30. The van der Waals surface area contributed by atoms with Crippen molar-refractivity contribution in [3.05, 3.63) is 53.3 Å². The van der Waals surface area contributed by atoms with Crippen molar-refractivity contribution in [2.45, 2.75) is 50.3 Å². The number of halogens is 1. The first-order valence-corrected chi connectivity index (χ1v) is 11.1. The molecule has 0 spiro atoms. The maximum atomic E-state index is 14.5. The highest BCUT2D eigenvalue weighted by molar-refractivity contribution is 5.54. The fraction of sp³-hybridized carbons (Fsp3) is 0.520. The van der Waals surface area contributed by atoms with Crippen molar-refractivity contribution >= 4 is 0 Å². The van der Waals surface area contributed by atoms with Gasteiger partial charge in [0, 0.05) is 23.5 Å². The van der Waals surface area contributed by atoms with Gasteiger partial charge in [0.25, 0.3) is 0 Å². The van der Waals surface area contributed by atoms with Gasteiger partial charge in [0.2, 0.25) is 5.75 Å². The zero-order chi connectivity index (χ0) is 22.0. The minimum atomic E-state index is -0.679. The van der Waals surface area contributed by atoms with Crippen LogP contribution in [0.15, 0.2) is 36.4 Å². The molecule has 1 aliphatic carbocycles. The zero-order valence-corrected chi connectivity index (χ0v) is 18.6. The summed E-state index contributed by atoms with van der Waals surface area (Å²) in [4.78, 5) is 1.26. The minimum Gasteiger partial charge on any atom is -0.493 e. The Bertz CT molecular complexity index is 895. The van der Waals surface area contributed by atoms with Crippen molar-refractivity contribution in [1.29, 1.82) is 0 Å². The third-order valence-electron chi connectivity index (χ3n) is 7.21. The average Bonchev–Trinajstić information content (AvgIpc) is 2.79. The van der Waals surface area contributed by atoms with E-state index in [0.717, 1.165) is 44.2 Å². The van der Waals surface area contributed by atoms with Crippen molar-refractivity contribution in [3.63, 3.8) is 0 Å². The first kappa shape index (κ1) is 21.9. The largest absolute Gasteiger partial charge is 0.493 e. The summed E-state index contributed by atoms with van der Waals surface area (Å²) in [5, 5.41) is 11.5. The molecule has 2 aliphatic rings. The number of nitrogens with one attached hydrogen (secondary N) is 1. The molecule has 0 bridgehead atoms. The van der Waals surface area contributed by atoms with E-state index in [4.69, 9.17) is 14.2 Å². The SMILES string of the molecule is COc1cc([C@H]2[C@@H]3CCCC[C@]3(O)CC[NH+]2Cc2ccccc2F)cc(OC)c1OC. The van der Waals surface area contributed by atoms with Crippen LogP contribution in [0.3, 0.4) is 0 Å². The fourth-order valence-electron chi connectivity index (χ4n) is 5.69. The average molecular weight is 431 g/mol. The Morgan fingerprint density at radius 1 is 1.03 bits per heavy atom. The number of likely N-dealkylation sites (tertiary alicyclic amines) is 1. The molecule has 5 nitrogen and oxygen atoms in total. The highest BCUT2D eigenvalue weighted by Crippen LogP contribution is 2.47. The van der Waals surface area contributed by atoms with Crippen LogP contribution in [0.1, 0.15) is 49.3 Å². The van der Waals surface area contributed by atoms with Crippen molar-refractivity contribution in [2.75, 3.05) is 27.9 Å². The summed E-state index contributed by atoms with van der Waals surface area (Å²) in [6, 6.07) is 11.0. The maximum absolute atomic E-state index is 14.5. The Hall–Kier alpha value is -2.31. The van der Waals surface area contributed by atoms with Crippen LogP contribution in [-0.2, 0) is 6.54 Å². The number of quaternary nitrogens is 1. The van der Waals surface area contributed by atoms with E-state index in [0.29, 0.717) is 29.4 Å². The number of fused-ring (bicyclic) bond motifs is 1. The molecule has 2 aromatic rings. The van der Waals surface area contributed by atoms with Crippen molar-refractivity contribution < 1.29 is 28.6 Å². The Morgan fingerprint density at radius 3 is 2.39 bits per heavy atom. The quantitative estimate of drug-likeness (QED) is 0.739. The molecule has 1 saturated carbocycles. The lowest BCUT2D eigenvalue weighted by molar-refractivity contribution is -0.958. The number of rotatable bonds is 6. The summed E-state index contributed by atoms with van der Waals surface area (Å²) in [5.41, 5.74) is 1.06. The van der Waals surface area contributed by atoms with E-state index in [1.165, 1.54) is 11.0 Å². The Morgan fingerprint density at radius 2 is 1.74 bits per heavy atom. The molecular weight excluding hydrogens is 397 g/mol. The Labute approximate surface area is 183 Å². The van der Waals surface area contributed by atoms with Gasteiger partial charge >= 0.3 is 0 Å². The summed E-state index contributed by atoms with van der Waals surface area (Å²) in [6.07, 6.45) is 4.67. The molecule has 2 aromatic carbocycles. The normalized spacial score (nSPS) is 28.0. The molecule has 1 unspecified atom stereocenters. The van der Waals surface area contributed by atoms with E-state index >= 15 is 0 Å². The van der Waals surface area contributed by atoms with Gasteiger partial charge in [-0.2, -0.15) is 0 Å². The van der Waals surface area contributed by atoms with Crippen molar-refractivity contribution in [2.24, 2.45) is 5.92 Å². The van der Waals surface area contributed by atoms with Gasteiger partial charge in [0.15, 0.2) is 11.5 Å². The van der Waals surface area contributed by atoms with Gasteiger partial charge in [-0.3, -0.25) is 0 Å². The molecule has 0 radical (unpaired) electrons. The monoisotopic (exact) mass is 430 g/mol. The molecule has 0 aromatic heterocycles. The Balaban J connectivity index is 1.79. The molecule has 168 valence electrons. The number of aliphatic hydroxyl groups is 1. The lowest BCUT2D eigenvalue weighted by atomic mass is 9.66. The molecule has 4 atom stereocenters. The molecule has 0 amide bonds. The van der Waals surface area contributed by atoms with E-state index in [-0.39, 0.29) is 17.8 Å². The summed E-state index contributed by atoms with van der Waals surface area (Å²) >= 11 is 0. The molecule has 1 heterocycles. The number of ether oxygens (including phenoxy) is 3. The number of hydrogen-bond donors (Lipinski definition) is 2. The summed E-state index contributed by atoms with van der Waals surface area (Å²) in [7, 11) is 4.82. The predicted molar refractivity (Wildman–Crippen MR) is 116 cm³/mol. The second-order valence-corrected chi connectivity index (χ2v) is 8.82. The molecule has 1 aliphatic heterocycles. The molecule has 1 saturated heterocycles. The van der Waals surface area contributed by atoms with Gasteiger partial charge in [0.1, 0.15) is 18.4 Å². The van der Waals surface area contributed by atoms with Crippen LogP contribution >= 0.6 is 0 Å². The van der Waals surface area contributed by atoms with E-state index in [1.54, 1.807) is 27.4 Å². The lowest BCUT2D eigenvalue weighted by Gasteiger charge is -2.50. The second-order valence-electron chi connectivity index (χ2n) is 8.82. The Kier molecular flexibility index (Phi) is 6.39. The van der Waals surface area contributed by atoms with Crippen LogP contribution in [0.25, 0.3) is 0 Å². The summed E-state index contributed by atoms with van der Waals surface area (Å²) < 4.78 is 31.2. The smallest absolute Gasteiger partial charge is 0.203 e. The number of methoxy groups -OCH3 is 3. The van der Waals surface area contributed by atoms with Crippen LogP contribution in [-0.4, -0.2) is 38.6 Å². The minimum absolute atomic E-state index is 0.00682. The van der Waals surface area contributed by atoms with Gasteiger partial charge in [-0.15, -0.1) is 0 Å². The van der Waals surface area contributed by atoms with Gasteiger partial charge in [-0.1, -0.05) is 31.0 Å². The third kappa shape index (κ3) is 4.11. The van der Waals surface area contributed by atoms with E-state index in [2.05, 4.69) is 0 Å². The topological polar surface area (TPSA) is 52.4 Å². The van der Waals surface area contributed by atoms with E-state index in [9.17, 15) is 9.50 Å². The highest BCUT2D eigenvalue weighted by Gasteiger charge is 2.52. The number of benzene rings is 2. The van der Waals surface area contributed by atoms with Crippen LogP contribution in [0.2, 0.25) is 0 Å². The molecular formula is C25H33FNO4+. The van der Waals surface area contributed by atoms with Crippen molar-refractivity contribution in [3.8, 4) is 17.2 Å². The first-order valence-electron chi connectivity index (χ1n) is 11.1. The standard InChI is InChI=1S/C25H32FNO4/c1-29-21-14-18(15-22(30-2)24(21)31-3)23-19-9-6-7-11-25(19,28)12-13-27(23)16-17-8-4-5-10-20(17)26/h4-5,8,10,14-15,19,23,28H,6-7,9,11-13,16H2,1-3H3/p+1/t19-,23-,25-/m0/s1. The van der Waals surface area contributed by atoms with Gasteiger partial charge in [0.05, 0.1) is 33.5 Å². The molecule has 2 fully saturated rings. The lowest BCUT2D eigenvalue weighted by Crippen LogP contribution is -3.13. The van der Waals surface area contributed by atoms with Gasteiger partial charge in [-0.05, 0) is 31.0 Å². The molecule has 31 heavy (non-hydrogen) atoms. The van der Waals surface area contributed by atoms with E-state index < -0.39 is 5.60 Å². The van der Waals surface area contributed by atoms with Gasteiger partial charge < -0.3 is 24.2 Å². The maximum Gasteiger partial charge on any atom is 0.203 e. The van der Waals surface area contributed by atoms with Crippen LogP contribution in [0.4, 0.5) is 4.39 Å². The summed E-state index contributed by atoms with van der Waals surface area (Å²) in [5.74, 6) is 1.68. The molecule has 2 N–H and O–H groups in total. The second kappa shape index (κ2) is 9.05. The highest BCUT2D eigenvalue weighted by atomic mass is 19.1. The third-order valence-corrected chi connectivity index (χ3v) is 7.21. The fourth-order valence-corrected chi connectivity index (χ4v) is 5.69. The van der Waals surface area contributed by atoms with Crippen LogP contribution in [0.5, 0.6) is 17.2 Å². The van der Waals surface area contributed by atoms with E-state index in [1.807, 2.05) is 24.3 Å². The first-order chi connectivity index (χ1) is 15.0.